The molecule has 0 aliphatic rings. The molecule has 0 saturated carbocycles. The van der Waals surface area contributed by atoms with Crippen molar-refractivity contribution in [2.75, 3.05) is 18.5 Å². The molecule has 8 heteroatoms. The highest BCUT2D eigenvalue weighted by Crippen LogP contribution is 2.24. The molecule has 0 aliphatic carbocycles. The molecule has 0 radical (unpaired) electrons. The van der Waals surface area contributed by atoms with Crippen molar-refractivity contribution in [2.45, 2.75) is 20.4 Å². The molecule has 0 unspecified atom stereocenters. The van der Waals surface area contributed by atoms with E-state index >= 15 is 0 Å². The topological polar surface area (TPSA) is 92.4 Å². The average Bonchev–Trinajstić information content (AvgIpc) is 3.05. The van der Waals surface area contributed by atoms with Crippen molar-refractivity contribution in [3.05, 3.63) is 59.2 Å². The van der Waals surface area contributed by atoms with Gasteiger partial charge in [0.2, 0.25) is 0 Å². The number of hydrogen-bond acceptors (Lipinski definition) is 7. The van der Waals surface area contributed by atoms with Crippen molar-refractivity contribution >= 4 is 17.1 Å². The quantitative estimate of drug-likeness (QED) is 0.520. The molecule has 2 aromatic heterocycles. The Labute approximate surface area is 155 Å². The summed E-state index contributed by atoms with van der Waals surface area (Å²) in [4.78, 5) is 8.75. The van der Waals surface area contributed by atoms with Gasteiger partial charge in [-0.3, -0.25) is 4.98 Å². The molecule has 0 amide bonds. The Morgan fingerprint density at radius 2 is 2.00 bits per heavy atom. The van der Waals surface area contributed by atoms with E-state index in [2.05, 4.69) is 15.3 Å². The SMILES string of the molecule is Cc1cc(CNc2nc3ccc(OC/C(=C/F)CNO)cc3o2)cc(C)n1. The van der Waals surface area contributed by atoms with Gasteiger partial charge in [0.15, 0.2) is 5.58 Å². The third-order valence-electron chi connectivity index (χ3n) is 3.83. The van der Waals surface area contributed by atoms with E-state index in [4.69, 9.17) is 14.4 Å². The number of hydroxylamine groups is 1. The minimum Gasteiger partial charge on any atom is -0.489 e. The Morgan fingerprint density at radius 3 is 2.70 bits per heavy atom. The number of aryl methyl sites for hydroxylation is 2. The van der Waals surface area contributed by atoms with Gasteiger partial charge in [-0.1, -0.05) is 0 Å². The van der Waals surface area contributed by atoms with Crippen LogP contribution < -0.4 is 15.5 Å². The van der Waals surface area contributed by atoms with Crippen molar-refractivity contribution < 1.29 is 18.8 Å². The zero-order chi connectivity index (χ0) is 19.2. The first-order valence-corrected chi connectivity index (χ1v) is 8.44. The van der Waals surface area contributed by atoms with Gasteiger partial charge in [-0.05, 0) is 43.7 Å². The molecular weight excluding hydrogens is 351 g/mol. The third-order valence-corrected chi connectivity index (χ3v) is 3.83. The van der Waals surface area contributed by atoms with Gasteiger partial charge in [0, 0.05) is 36.1 Å². The van der Waals surface area contributed by atoms with E-state index in [0.717, 1.165) is 17.0 Å². The van der Waals surface area contributed by atoms with Crippen molar-refractivity contribution in [3.8, 4) is 5.75 Å². The van der Waals surface area contributed by atoms with Gasteiger partial charge in [0.05, 0.1) is 6.33 Å². The number of benzene rings is 1. The number of oxazole rings is 1. The molecule has 0 fully saturated rings. The van der Waals surface area contributed by atoms with Gasteiger partial charge in [0.1, 0.15) is 17.9 Å². The van der Waals surface area contributed by atoms with Crippen LogP contribution in [0.1, 0.15) is 17.0 Å². The second-order valence-electron chi connectivity index (χ2n) is 6.15. The second kappa shape index (κ2) is 8.61. The molecule has 0 saturated heterocycles. The summed E-state index contributed by atoms with van der Waals surface area (Å²) in [6.07, 6.45) is 0.404. The summed E-state index contributed by atoms with van der Waals surface area (Å²) >= 11 is 0. The van der Waals surface area contributed by atoms with Crippen LogP contribution in [-0.2, 0) is 6.54 Å². The molecule has 0 aliphatic heterocycles. The highest BCUT2D eigenvalue weighted by Gasteiger charge is 2.08. The number of halogens is 1. The summed E-state index contributed by atoms with van der Waals surface area (Å²) < 4.78 is 23.9. The standard InChI is InChI=1S/C19H21FN4O3/c1-12-5-14(6-13(2)23-12)9-21-19-24-17-4-3-16(7-18(17)27-19)26-11-15(8-20)10-22-25/h3-8,22,25H,9-11H2,1-2H3,(H,21,24)/b15-8+. The van der Waals surface area contributed by atoms with Gasteiger partial charge in [-0.2, -0.15) is 4.98 Å². The molecule has 142 valence electrons. The molecule has 27 heavy (non-hydrogen) atoms. The lowest BCUT2D eigenvalue weighted by Crippen LogP contribution is -2.15. The maximum atomic E-state index is 12.6. The molecular formula is C19H21FN4O3. The smallest absolute Gasteiger partial charge is 0.295 e. The van der Waals surface area contributed by atoms with Gasteiger partial charge >= 0.3 is 0 Å². The molecule has 7 nitrogen and oxygen atoms in total. The van der Waals surface area contributed by atoms with Crippen LogP contribution >= 0.6 is 0 Å². The summed E-state index contributed by atoms with van der Waals surface area (Å²) in [5, 5.41) is 11.8. The van der Waals surface area contributed by atoms with Crippen molar-refractivity contribution in [3.63, 3.8) is 0 Å². The third kappa shape index (κ3) is 5.02. The maximum Gasteiger partial charge on any atom is 0.295 e. The number of pyridine rings is 1. The Kier molecular flexibility index (Phi) is 6.00. The van der Waals surface area contributed by atoms with Crippen LogP contribution in [0.4, 0.5) is 10.4 Å². The lowest BCUT2D eigenvalue weighted by molar-refractivity contribution is 0.172. The summed E-state index contributed by atoms with van der Waals surface area (Å²) in [6, 6.07) is 9.60. The van der Waals surface area contributed by atoms with Gasteiger partial charge in [-0.15, -0.1) is 0 Å². The van der Waals surface area contributed by atoms with Crippen LogP contribution in [0.5, 0.6) is 5.75 Å². The van der Waals surface area contributed by atoms with Gasteiger partial charge < -0.3 is 19.7 Å². The van der Waals surface area contributed by atoms with E-state index in [-0.39, 0.29) is 18.7 Å². The van der Waals surface area contributed by atoms with Crippen molar-refractivity contribution in [1.29, 1.82) is 0 Å². The summed E-state index contributed by atoms with van der Waals surface area (Å²) in [6.45, 7) is 4.48. The van der Waals surface area contributed by atoms with E-state index in [9.17, 15) is 4.39 Å². The van der Waals surface area contributed by atoms with E-state index in [1.807, 2.05) is 31.5 Å². The van der Waals surface area contributed by atoms with Gasteiger partial charge in [-0.25, -0.2) is 9.87 Å². The number of hydrogen-bond donors (Lipinski definition) is 3. The molecule has 2 heterocycles. The van der Waals surface area contributed by atoms with E-state index in [0.29, 0.717) is 35.7 Å². The molecule has 0 atom stereocenters. The highest BCUT2D eigenvalue weighted by molar-refractivity contribution is 5.76. The van der Waals surface area contributed by atoms with Crippen molar-refractivity contribution in [1.82, 2.24) is 15.4 Å². The fraction of sp³-hybridized carbons (Fsp3) is 0.263. The number of nitrogens with zero attached hydrogens (tertiary/aromatic N) is 2. The lowest BCUT2D eigenvalue weighted by atomic mass is 10.2. The number of aromatic nitrogens is 2. The van der Waals surface area contributed by atoms with E-state index < -0.39 is 0 Å². The number of rotatable bonds is 8. The van der Waals surface area contributed by atoms with Gasteiger partial charge in [0.25, 0.3) is 6.01 Å². The first kappa shape index (κ1) is 18.8. The zero-order valence-corrected chi connectivity index (χ0v) is 15.1. The molecule has 0 bridgehead atoms. The number of anilines is 1. The van der Waals surface area contributed by atoms with Crippen LogP contribution in [-0.4, -0.2) is 28.3 Å². The first-order valence-electron chi connectivity index (χ1n) is 8.44. The molecule has 1 aromatic carbocycles. The number of nitrogens with one attached hydrogen (secondary N) is 2. The van der Waals surface area contributed by atoms with Crippen LogP contribution in [0.25, 0.3) is 11.1 Å². The fourth-order valence-corrected chi connectivity index (χ4v) is 2.67. The molecule has 3 aromatic rings. The monoisotopic (exact) mass is 372 g/mol. The Morgan fingerprint density at radius 1 is 1.22 bits per heavy atom. The average molecular weight is 372 g/mol. The van der Waals surface area contributed by atoms with Crippen molar-refractivity contribution in [2.24, 2.45) is 0 Å². The predicted octanol–water partition coefficient (Wildman–Crippen LogP) is 3.66. The molecule has 3 N–H and O–H groups in total. The minimum absolute atomic E-state index is 0.00948. The summed E-state index contributed by atoms with van der Waals surface area (Å²) in [5.74, 6) is 0.517. The normalized spacial score (nSPS) is 11.8. The Hall–Kier alpha value is -2.97. The van der Waals surface area contributed by atoms with E-state index in [1.54, 1.807) is 18.2 Å². The fourth-order valence-electron chi connectivity index (χ4n) is 2.67. The van der Waals surface area contributed by atoms with Crippen LogP contribution in [0.15, 0.2) is 46.7 Å². The largest absolute Gasteiger partial charge is 0.489 e. The maximum absolute atomic E-state index is 12.6. The van der Waals surface area contributed by atoms with Crippen LogP contribution in [0.3, 0.4) is 0 Å². The lowest BCUT2D eigenvalue weighted by Gasteiger charge is -2.07. The number of ether oxygens (including phenoxy) is 1. The molecule has 0 spiro atoms. The summed E-state index contributed by atoms with van der Waals surface area (Å²) in [5.41, 5.74) is 6.43. The minimum atomic E-state index is -0.0108. The van der Waals surface area contributed by atoms with Crippen LogP contribution in [0.2, 0.25) is 0 Å². The first-order chi connectivity index (χ1) is 13.1. The number of fused-ring (bicyclic) bond motifs is 1. The van der Waals surface area contributed by atoms with Crippen LogP contribution in [0, 0.1) is 13.8 Å². The van der Waals surface area contributed by atoms with E-state index in [1.165, 1.54) is 0 Å². The summed E-state index contributed by atoms with van der Waals surface area (Å²) in [7, 11) is 0. The zero-order valence-electron chi connectivity index (χ0n) is 15.1. The second-order valence-corrected chi connectivity index (χ2v) is 6.15. The molecule has 3 rings (SSSR count). The predicted molar refractivity (Wildman–Crippen MR) is 99.5 cm³/mol. The Bertz CT molecular complexity index is 935. The highest BCUT2D eigenvalue weighted by atomic mass is 19.1. The Balaban J connectivity index is 1.66.